The molecule has 3 aliphatic heterocycles. The molecule has 2 saturated heterocycles. The summed E-state index contributed by atoms with van der Waals surface area (Å²) in [5.74, 6) is -2.00. The minimum absolute atomic E-state index is 0.111. The molecule has 1 aromatic rings. The third-order valence-electron chi connectivity index (χ3n) is 5.97. The number of likely N-dealkylation sites (tertiary alicyclic amines) is 1. The Kier molecular flexibility index (Phi) is 3.55. The average Bonchev–Trinajstić information content (AvgIpc) is 3.22. The van der Waals surface area contributed by atoms with Crippen LogP contribution < -0.4 is 0 Å². The van der Waals surface area contributed by atoms with Gasteiger partial charge in [0.1, 0.15) is 11.5 Å². The van der Waals surface area contributed by atoms with Crippen LogP contribution in [-0.2, 0) is 14.3 Å². The quantitative estimate of drug-likeness (QED) is 0.855. The van der Waals surface area contributed by atoms with Gasteiger partial charge in [-0.1, -0.05) is 50.3 Å². The number of hydrogen-bond acceptors (Lipinski definition) is 3. The fourth-order valence-electron chi connectivity index (χ4n) is 4.48. The number of nitrogens with zero attached hydrogens (tertiary/aromatic N) is 1. The third-order valence-corrected chi connectivity index (χ3v) is 5.97. The van der Waals surface area contributed by atoms with Crippen LogP contribution in [0.1, 0.15) is 43.9 Å². The minimum Gasteiger partial charge on any atom is -0.481 e. The summed E-state index contributed by atoms with van der Waals surface area (Å²) in [6.45, 7) is 6.70. The summed E-state index contributed by atoms with van der Waals surface area (Å²) in [7, 11) is 0. The van der Waals surface area contributed by atoms with E-state index in [0.29, 0.717) is 12.5 Å². The number of amides is 1. The molecule has 1 amide bonds. The Balaban J connectivity index is 1.61. The Morgan fingerprint density at radius 2 is 1.88 bits per heavy atom. The summed E-state index contributed by atoms with van der Waals surface area (Å²) in [6, 6.07) is 8.19. The van der Waals surface area contributed by atoms with E-state index in [2.05, 4.69) is 38.1 Å². The number of carbonyl (C=O) groups is 2. The van der Waals surface area contributed by atoms with Crippen molar-refractivity contribution in [1.82, 2.24) is 4.90 Å². The van der Waals surface area contributed by atoms with Crippen LogP contribution in [0.15, 0.2) is 36.4 Å². The SMILES string of the molecule is CC(C)c1ccc(C(C)N2CC34C=CC(O3)C(C(=O)O)C4C2=O)cc1. The minimum atomic E-state index is -0.953. The molecule has 1 aromatic carbocycles. The van der Waals surface area contributed by atoms with Gasteiger partial charge in [0.2, 0.25) is 5.91 Å². The maximum absolute atomic E-state index is 13.0. The number of hydrogen-bond donors (Lipinski definition) is 1. The zero-order valence-corrected chi connectivity index (χ0v) is 14.7. The monoisotopic (exact) mass is 341 g/mol. The van der Waals surface area contributed by atoms with E-state index in [0.717, 1.165) is 5.56 Å². The summed E-state index contributed by atoms with van der Waals surface area (Å²) >= 11 is 0. The lowest BCUT2D eigenvalue weighted by Gasteiger charge is -2.27. The Morgan fingerprint density at radius 3 is 2.48 bits per heavy atom. The standard InChI is InChI=1S/C20H23NO4/c1-11(2)13-4-6-14(7-5-13)12(3)21-10-20-9-8-15(25-20)16(19(23)24)17(20)18(21)22/h4-9,11-12,15-17H,10H2,1-3H3,(H,23,24). The van der Waals surface area contributed by atoms with Gasteiger partial charge in [0.15, 0.2) is 0 Å². The molecule has 0 aromatic heterocycles. The van der Waals surface area contributed by atoms with Gasteiger partial charge in [0.05, 0.1) is 24.6 Å². The predicted molar refractivity (Wildman–Crippen MR) is 92.0 cm³/mol. The lowest BCUT2D eigenvalue weighted by Crippen LogP contribution is -2.39. The number of carboxylic acid groups (broad SMARTS) is 1. The molecule has 3 heterocycles. The van der Waals surface area contributed by atoms with Crippen molar-refractivity contribution < 1.29 is 19.4 Å². The number of ether oxygens (including phenoxy) is 1. The number of benzene rings is 1. The largest absolute Gasteiger partial charge is 0.481 e. The van der Waals surface area contributed by atoms with Gasteiger partial charge in [-0.3, -0.25) is 9.59 Å². The molecule has 0 radical (unpaired) electrons. The summed E-state index contributed by atoms with van der Waals surface area (Å²) in [6.07, 6.45) is 3.22. The molecular formula is C20H23NO4. The van der Waals surface area contributed by atoms with Crippen molar-refractivity contribution in [3.8, 4) is 0 Å². The van der Waals surface area contributed by atoms with Crippen LogP contribution in [0.4, 0.5) is 0 Å². The van der Waals surface area contributed by atoms with Crippen molar-refractivity contribution in [3.63, 3.8) is 0 Å². The highest BCUT2D eigenvalue weighted by molar-refractivity contribution is 5.91. The second-order valence-corrected chi connectivity index (χ2v) is 7.70. The molecule has 1 N–H and O–H groups in total. The molecule has 5 nitrogen and oxygen atoms in total. The van der Waals surface area contributed by atoms with E-state index in [1.165, 1.54) is 5.56 Å². The molecule has 5 atom stereocenters. The van der Waals surface area contributed by atoms with Crippen LogP contribution in [0.25, 0.3) is 0 Å². The molecular weight excluding hydrogens is 318 g/mol. The second kappa shape index (κ2) is 5.43. The summed E-state index contributed by atoms with van der Waals surface area (Å²) < 4.78 is 5.94. The van der Waals surface area contributed by atoms with Gasteiger partial charge in [-0.25, -0.2) is 0 Å². The first-order valence-corrected chi connectivity index (χ1v) is 8.84. The van der Waals surface area contributed by atoms with Gasteiger partial charge < -0.3 is 14.7 Å². The van der Waals surface area contributed by atoms with Gasteiger partial charge in [0.25, 0.3) is 0 Å². The van der Waals surface area contributed by atoms with Crippen LogP contribution in [0, 0.1) is 11.8 Å². The Morgan fingerprint density at radius 1 is 1.24 bits per heavy atom. The highest BCUT2D eigenvalue weighted by Crippen LogP contribution is 2.53. The number of fused-ring (bicyclic) bond motifs is 1. The molecule has 2 bridgehead atoms. The number of carboxylic acids is 1. The average molecular weight is 341 g/mol. The molecule has 1 spiro atoms. The molecule has 3 aliphatic rings. The van der Waals surface area contributed by atoms with Crippen molar-refractivity contribution in [2.24, 2.45) is 11.8 Å². The number of aliphatic carboxylic acids is 1. The van der Waals surface area contributed by atoms with Crippen LogP contribution in [0.2, 0.25) is 0 Å². The fraction of sp³-hybridized carbons (Fsp3) is 0.500. The van der Waals surface area contributed by atoms with Gasteiger partial charge in [-0.15, -0.1) is 0 Å². The van der Waals surface area contributed by atoms with Gasteiger partial charge in [-0.05, 0) is 24.0 Å². The topological polar surface area (TPSA) is 66.8 Å². The van der Waals surface area contributed by atoms with Crippen molar-refractivity contribution in [2.75, 3.05) is 6.54 Å². The third kappa shape index (κ3) is 2.25. The van der Waals surface area contributed by atoms with Gasteiger partial charge in [-0.2, -0.15) is 0 Å². The predicted octanol–water partition coefficient (Wildman–Crippen LogP) is 2.74. The first kappa shape index (κ1) is 16.3. The van der Waals surface area contributed by atoms with Crippen molar-refractivity contribution in [3.05, 3.63) is 47.5 Å². The summed E-state index contributed by atoms with van der Waals surface area (Å²) in [5.41, 5.74) is 1.55. The van der Waals surface area contributed by atoms with Crippen molar-refractivity contribution in [1.29, 1.82) is 0 Å². The maximum Gasteiger partial charge on any atom is 0.310 e. The molecule has 0 aliphatic carbocycles. The smallest absolute Gasteiger partial charge is 0.310 e. The summed E-state index contributed by atoms with van der Waals surface area (Å²) in [4.78, 5) is 26.4. The molecule has 5 heteroatoms. The first-order valence-electron chi connectivity index (χ1n) is 8.84. The molecule has 5 unspecified atom stereocenters. The maximum atomic E-state index is 13.0. The van der Waals surface area contributed by atoms with Crippen LogP contribution in [0.3, 0.4) is 0 Å². The van der Waals surface area contributed by atoms with E-state index < -0.39 is 29.5 Å². The first-order chi connectivity index (χ1) is 11.8. The van der Waals surface area contributed by atoms with Gasteiger partial charge in [0, 0.05) is 0 Å². The second-order valence-electron chi connectivity index (χ2n) is 7.70. The van der Waals surface area contributed by atoms with Crippen LogP contribution in [0.5, 0.6) is 0 Å². The highest BCUT2D eigenvalue weighted by Gasteiger charge is 2.67. The van der Waals surface area contributed by atoms with Gasteiger partial charge >= 0.3 is 5.97 Å². The van der Waals surface area contributed by atoms with E-state index in [-0.39, 0.29) is 11.9 Å². The lowest BCUT2D eigenvalue weighted by atomic mass is 9.77. The molecule has 4 rings (SSSR count). The molecule has 25 heavy (non-hydrogen) atoms. The summed E-state index contributed by atoms with van der Waals surface area (Å²) in [5, 5.41) is 9.54. The zero-order chi connectivity index (χ0) is 17.9. The molecule has 132 valence electrons. The van der Waals surface area contributed by atoms with Crippen LogP contribution in [-0.4, -0.2) is 40.1 Å². The molecule has 0 saturated carbocycles. The number of rotatable bonds is 4. The van der Waals surface area contributed by atoms with E-state index in [1.807, 2.05) is 13.0 Å². The van der Waals surface area contributed by atoms with Crippen molar-refractivity contribution in [2.45, 2.75) is 44.4 Å². The van der Waals surface area contributed by atoms with Crippen molar-refractivity contribution >= 4 is 11.9 Å². The van der Waals surface area contributed by atoms with E-state index in [4.69, 9.17) is 4.74 Å². The Labute approximate surface area is 147 Å². The van der Waals surface area contributed by atoms with E-state index >= 15 is 0 Å². The van der Waals surface area contributed by atoms with E-state index in [9.17, 15) is 14.7 Å². The molecule has 2 fully saturated rings. The lowest BCUT2D eigenvalue weighted by molar-refractivity contribution is -0.148. The highest BCUT2D eigenvalue weighted by atomic mass is 16.5. The van der Waals surface area contributed by atoms with Crippen LogP contribution >= 0.6 is 0 Å². The number of carbonyl (C=O) groups excluding carboxylic acids is 1. The zero-order valence-electron chi connectivity index (χ0n) is 14.7. The Hall–Kier alpha value is -2.14. The Bertz CT molecular complexity index is 753. The normalized spacial score (nSPS) is 34.0. The van der Waals surface area contributed by atoms with E-state index in [1.54, 1.807) is 11.0 Å². The fourth-order valence-corrected chi connectivity index (χ4v) is 4.48.